The van der Waals surface area contributed by atoms with Crippen LogP contribution in [0, 0.1) is 5.92 Å². The number of amides is 3. The van der Waals surface area contributed by atoms with E-state index in [9.17, 15) is 24.3 Å². The molecule has 5 unspecified atom stereocenters. The number of carboxylic acids is 1. The summed E-state index contributed by atoms with van der Waals surface area (Å²) in [5, 5.41) is 17.7. The largest absolute Gasteiger partial charge is 0.480 e. The summed E-state index contributed by atoms with van der Waals surface area (Å²) < 4.78 is 0. The Bertz CT molecular complexity index is 843. The smallest absolute Gasteiger partial charge is 0.326 e. The van der Waals surface area contributed by atoms with E-state index in [4.69, 9.17) is 5.73 Å². The molecule has 3 amide bonds. The molecule has 9 nitrogen and oxygen atoms in total. The average Bonchev–Trinajstić information content (AvgIpc) is 2.87. The Morgan fingerprint density at radius 2 is 1.44 bits per heavy atom. The Balaban J connectivity index is 3.09. The van der Waals surface area contributed by atoms with Crippen LogP contribution in [-0.4, -0.2) is 77.0 Å². The van der Waals surface area contributed by atoms with Crippen LogP contribution in [0.2, 0.25) is 0 Å². The molecule has 1 rings (SSSR count). The Morgan fingerprint density at radius 1 is 0.889 bits per heavy atom. The Labute approximate surface area is 222 Å². The molecule has 11 heteroatoms. The molecule has 0 fully saturated rings. The van der Waals surface area contributed by atoms with E-state index >= 15 is 0 Å². The van der Waals surface area contributed by atoms with Crippen molar-refractivity contribution in [2.75, 3.05) is 24.0 Å². The van der Waals surface area contributed by atoms with E-state index in [1.807, 2.05) is 49.8 Å². The Morgan fingerprint density at radius 3 is 2.00 bits per heavy atom. The maximum absolute atomic E-state index is 13.3. The van der Waals surface area contributed by atoms with Crippen LogP contribution < -0.4 is 21.7 Å². The van der Waals surface area contributed by atoms with Crippen molar-refractivity contribution in [2.45, 2.75) is 63.7 Å². The molecule has 0 spiro atoms. The van der Waals surface area contributed by atoms with Crippen LogP contribution in [0.3, 0.4) is 0 Å². The summed E-state index contributed by atoms with van der Waals surface area (Å²) in [6.07, 6.45) is 5.39. The number of benzene rings is 1. The summed E-state index contributed by atoms with van der Waals surface area (Å²) in [7, 11) is 0. The number of hydrogen-bond acceptors (Lipinski definition) is 7. The molecule has 0 aliphatic heterocycles. The molecule has 5 atom stereocenters. The molecule has 0 aromatic heterocycles. The highest BCUT2D eigenvalue weighted by Gasteiger charge is 2.32. The number of rotatable bonds is 17. The quantitative estimate of drug-likeness (QED) is 0.200. The van der Waals surface area contributed by atoms with Crippen molar-refractivity contribution in [1.82, 2.24) is 16.0 Å². The summed E-state index contributed by atoms with van der Waals surface area (Å²) in [5.74, 6) is -1.62. The third-order valence-corrected chi connectivity index (χ3v) is 7.19. The minimum Gasteiger partial charge on any atom is -0.480 e. The van der Waals surface area contributed by atoms with Gasteiger partial charge < -0.3 is 26.8 Å². The number of carboxylic acid groups (broad SMARTS) is 1. The molecule has 6 N–H and O–H groups in total. The molecule has 0 aliphatic carbocycles. The van der Waals surface area contributed by atoms with Crippen molar-refractivity contribution >= 4 is 47.2 Å². The standard InChI is InChI=1S/C25H40N4O5S2/c1-5-16(2)21(25(33)34)29-24(32)20(15-17-9-7-6-8-10-17)28-23(31)19(12-14-36-4)27-22(30)18(26)11-13-35-3/h6-10,16,18-21H,5,11-15,26H2,1-4H3,(H,27,30)(H,28,31)(H,29,32)(H,33,34). The summed E-state index contributed by atoms with van der Waals surface area (Å²) in [5.41, 5.74) is 6.78. The second kappa shape index (κ2) is 17.3. The molecule has 0 radical (unpaired) electrons. The number of thioether (sulfide) groups is 2. The lowest BCUT2D eigenvalue weighted by atomic mass is 9.98. The summed E-state index contributed by atoms with van der Waals surface area (Å²) in [4.78, 5) is 50.8. The summed E-state index contributed by atoms with van der Waals surface area (Å²) in [6, 6.07) is 5.42. The van der Waals surface area contributed by atoms with Gasteiger partial charge in [0, 0.05) is 6.42 Å². The summed E-state index contributed by atoms with van der Waals surface area (Å²) in [6.45, 7) is 3.59. The molecule has 0 saturated heterocycles. The van der Waals surface area contributed by atoms with Crippen LogP contribution in [-0.2, 0) is 25.6 Å². The van der Waals surface area contributed by atoms with Gasteiger partial charge in [0.1, 0.15) is 18.1 Å². The van der Waals surface area contributed by atoms with Gasteiger partial charge in [-0.1, -0.05) is 50.6 Å². The Kier molecular flexibility index (Phi) is 15.2. The van der Waals surface area contributed by atoms with Crippen LogP contribution in [0.5, 0.6) is 0 Å². The number of nitrogens with two attached hydrogens (primary N) is 1. The van der Waals surface area contributed by atoms with E-state index in [2.05, 4.69) is 16.0 Å². The fourth-order valence-corrected chi connectivity index (χ4v) is 4.39. The fourth-order valence-electron chi connectivity index (χ4n) is 3.43. The average molecular weight is 541 g/mol. The first-order valence-corrected chi connectivity index (χ1v) is 14.8. The van der Waals surface area contributed by atoms with Gasteiger partial charge in [0.2, 0.25) is 17.7 Å². The normalized spacial score (nSPS) is 15.1. The zero-order valence-corrected chi connectivity index (χ0v) is 23.1. The first-order chi connectivity index (χ1) is 17.1. The SMILES string of the molecule is CCC(C)C(NC(=O)C(Cc1ccccc1)NC(=O)C(CCSC)NC(=O)C(N)CCSC)C(=O)O. The highest BCUT2D eigenvalue weighted by molar-refractivity contribution is 7.98. The van der Waals surface area contributed by atoms with E-state index in [0.717, 1.165) is 11.3 Å². The van der Waals surface area contributed by atoms with E-state index in [1.165, 1.54) is 11.8 Å². The molecule has 0 saturated carbocycles. The van der Waals surface area contributed by atoms with Gasteiger partial charge in [-0.05, 0) is 48.3 Å². The van der Waals surface area contributed by atoms with E-state index < -0.39 is 47.9 Å². The maximum Gasteiger partial charge on any atom is 0.326 e. The van der Waals surface area contributed by atoms with Crippen molar-refractivity contribution in [3.63, 3.8) is 0 Å². The zero-order valence-electron chi connectivity index (χ0n) is 21.5. The van der Waals surface area contributed by atoms with Crippen molar-refractivity contribution in [1.29, 1.82) is 0 Å². The number of aliphatic carboxylic acids is 1. The maximum atomic E-state index is 13.3. The Hall–Kier alpha value is -2.24. The van der Waals surface area contributed by atoms with Crippen LogP contribution in [0.15, 0.2) is 30.3 Å². The van der Waals surface area contributed by atoms with Gasteiger partial charge in [-0.25, -0.2) is 4.79 Å². The minimum atomic E-state index is -1.13. The van der Waals surface area contributed by atoms with Gasteiger partial charge in [-0.2, -0.15) is 23.5 Å². The third kappa shape index (κ3) is 11.2. The summed E-state index contributed by atoms with van der Waals surface area (Å²) >= 11 is 3.11. The highest BCUT2D eigenvalue weighted by atomic mass is 32.2. The molecule has 36 heavy (non-hydrogen) atoms. The van der Waals surface area contributed by atoms with Gasteiger partial charge in [0.25, 0.3) is 0 Å². The molecule has 1 aromatic rings. The first-order valence-electron chi connectivity index (χ1n) is 12.1. The lowest BCUT2D eigenvalue weighted by Gasteiger charge is -2.26. The van der Waals surface area contributed by atoms with Crippen molar-refractivity contribution in [3.05, 3.63) is 35.9 Å². The molecule has 0 aliphatic rings. The molecule has 0 heterocycles. The van der Waals surface area contributed by atoms with E-state index in [0.29, 0.717) is 25.0 Å². The lowest BCUT2D eigenvalue weighted by molar-refractivity contribution is -0.143. The van der Waals surface area contributed by atoms with Gasteiger partial charge >= 0.3 is 5.97 Å². The second-order valence-electron chi connectivity index (χ2n) is 8.69. The van der Waals surface area contributed by atoms with Crippen LogP contribution in [0.25, 0.3) is 0 Å². The van der Waals surface area contributed by atoms with Gasteiger partial charge in [-0.15, -0.1) is 0 Å². The second-order valence-corrected chi connectivity index (χ2v) is 10.7. The van der Waals surface area contributed by atoms with Crippen molar-refractivity contribution in [3.8, 4) is 0 Å². The van der Waals surface area contributed by atoms with Crippen molar-refractivity contribution < 1.29 is 24.3 Å². The number of carbonyl (C=O) groups is 4. The number of nitrogens with one attached hydrogen (secondary N) is 3. The minimum absolute atomic E-state index is 0.168. The molecule has 0 bridgehead atoms. The van der Waals surface area contributed by atoms with Gasteiger partial charge in [0.15, 0.2) is 0 Å². The molecule has 1 aromatic carbocycles. The monoisotopic (exact) mass is 540 g/mol. The molecule has 202 valence electrons. The van der Waals surface area contributed by atoms with Gasteiger partial charge in [0.05, 0.1) is 6.04 Å². The first kappa shape index (κ1) is 31.8. The topological polar surface area (TPSA) is 151 Å². The zero-order chi connectivity index (χ0) is 27.1. The third-order valence-electron chi connectivity index (χ3n) is 5.91. The lowest BCUT2D eigenvalue weighted by Crippen LogP contribution is -2.58. The van der Waals surface area contributed by atoms with Gasteiger partial charge in [-0.3, -0.25) is 14.4 Å². The fraction of sp³-hybridized carbons (Fsp3) is 0.600. The van der Waals surface area contributed by atoms with Crippen LogP contribution in [0.1, 0.15) is 38.7 Å². The predicted molar refractivity (Wildman–Crippen MR) is 147 cm³/mol. The van der Waals surface area contributed by atoms with Crippen LogP contribution in [0.4, 0.5) is 0 Å². The van der Waals surface area contributed by atoms with E-state index in [1.54, 1.807) is 18.7 Å². The highest BCUT2D eigenvalue weighted by Crippen LogP contribution is 2.11. The molecular formula is C25H40N4O5S2. The van der Waals surface area contributed by atoms with E-state index in [-0.39, 0.29) is 12.3 Å². The number of hydrogen-bond donors (Lipinski definition) is 5. The van der Waals surface area contributed by atoms with Crippen LogP contribution >= 0.6 is 23.5 Å². The number of carbonyl (C=O) groups excluding carboxylic acids is 3. The van der Waals surface area contributed by atoms with Crippen molar-refractivity contribution in [2.24, 2.45) is 11.7 Å². The molecular weight excluding hydrogens is 500 g/mol. The predicted octanol–water partition coefficient (Wildman–Crippen LogP) is 1.65.